The average molecular weight is 443 g/mol. The largest absolute Gasteiger partial charge is 0.345 e. The Morgan fingerprint density at radius 1 is 1.06 bits per heavy atom. The van der Waals surface area contributed by atoms with Crippen LogP contribution in [0.4, 0.5) is 0 Å². The van der Waals surface area contributed by atoms with Gasteiger partial charge >= 0.3 is 0 Å². The fourth-order valence-corrected chi connectivity index (χ4v) is 4.13. The monoisotopic (exact) mass is 442 g/mol. The summed E-state index contributed by atoms with van der Waals surface area (Å²) in [6.07, 6.45) is 1.68. The van der Waals surface area contributed by atoms with Gasteiger partial charge in [0, 0.05) is 11.6 Å². The van der Waals surface area contributed by atoms with Gasteiger partial charge in [0.05, 0.1) is 40.4 Å². The van der Waals surface area contributed by atoms with Crippen molar-refractivity contribution in [2.45, 2.75) is 13.1 Å². The summed E-state index contributed by atoms with van der Waals surface area (Å²) in [5.74, 6) is -0.322. The van der Waals surface area contributed by atoms with E-state index in [1.165, 1.54) is 4.68 Å². The summed E-state index contributed by atoms with van der Waals surface area (Å²) >= 11 is 1.57. The molecule has 1 aromatic carbocycles. The topological polar surface area (TPSA) is 106 Å². The molecule has 0 unspecified atom stereocenters. The van der Waals surface area contributed by atoms with E-state index in [1.807, 2.05) is 53.9 Å². The first kappa shape index (κ1) is 19.8. The number of fused-ring (bicyclic) bond motifs is 1. The Bertz CT molecular complexity index is 1440. The highest BCUT2D eigenvalue weighted by atomic mass is 32.1. The molecule has 4 heterocycles. The van der Waals surface area contributed by atoms with Crippen LogP contribution in [0.3, 0.4) is 0 Å². The van der Waals surface area contributed by atoms with E-state index in [-0.39, 0.29) is 24.6 Å². The van der Waals surface area contributed by atoms with Crippen LogP contribution in [-0.2, 0) is 13.1 Å². The molecule has 0 saturated heterocycles. The maximum Gasteiger partial charge on any atom is 0.275 e. The van der Waals surface area contributed by atoms with Crippen molar-refractivity contribution in [1.82, 2.24) is 30.3 Å². The summed E-state index contributed by atoms with van der Waals surface area (Å²) < 4.78 is 1.38. The molecule has 9 heteroatoms. The van der Waals surface area contributed by atoms with Crippen LogP contribution in [0.25, 0.3) is 21.3 Å². The molecule has 0 spiro atoms. The first-order valence-corrected chi connectivity index (χ1v) is 10.8. The quantitative estimate of drug-likeness (QED) is 0.420. The molecule has 5 rings (SSSR count). The van der Waals surface area contributed by atoms with Crippen LogP contribution in [0, 0.1) is 0 Å². The molecule has 5 aromatic rings. The number of carbonyl (C=O) groups is 1. The lowest BCUT2D eigenvalue weighted by atomic mass is 10.1. The fourth-order valence-electron chi connectivity index (χ4n) is 3.44. The molecule has 0 aliphatic heterocycles. The number of benzene rings is 1. The SMILES string of the molecule is O=C(NCc1nn(Cc2ccccn2)c(=O)c2ccccc12)c1cc(-c2cccs2)[nH]n1. The number of nitrogens with one attached hydrogen (secondary N) is 2. The molecule has 0 atom stereocenters. The van der Waals surface area contributed by atoms with Gasteiger partial charge in [-0.05, 0) is 35.7 Å². The molecular formula is C23H18N6O2S. The molecule has 2 N–H and O–H groups in total. The second-order valence-electron chi connectivity index (χ2n) is 7.10. The van der Waals surface area contributed by atoms with Gasteiger partial charge in [-0.3, -0.25) is 19.7 Å². The zero-order chi connectivity index (χ0) is 21.9. The van der Waals surface area contributed by atoms with Crippen molar-refractivity contribution >= 4 is 28.0 Å². The number of pyridine rings is 1. The zero-order valence-corrected chi connectivity index (χ0v) is 17.7. The molecule has 0 fully saturated rings. The number of aromatic nitrogens is 5. The van der Waals surface area contributed by atoms with E-state index in [1.54, 1.807) is 29.7 Å². The van der Waals surface area contributed by atoms with Crippen LogP contribution in [-0.4, -0.2) is 30.9 Å². The molecule has 32 heavy (non-hydrogen) atoms. The van der Waals surface area contributed by atoms with E-state index < -0.39 is 0 Å². The molecular weight excluding hydrogens is 424 g/mol. The third-order valence-corrected chi connectivity index (χ3v) is 5.90. The van der Waals surface area contributed by atoms with Gasteiger partial charge in [0.25, 0.3) is 11.5 Å². The molecule has 0 bridgehead atoms. The van der Waals surface area contributed by atoms with Gasteiger partial charge in [-0.1, -0.05) is 30.3 Å². The summed E-state index contributed by atoms with van der Waals surface area (Å²) in [5.41, 5.74) is 2.20. The minimum atomic E-state index is -0.322. The van der Waals surface area contributed by atoms with Gasteiger partial charge in [-0.25, -0.2) is 4.68 Å². The Hall–Kier alpha value is -4.11. The van der Waals surface area contributed by atoms with E-state index >= 15 is 0 Å². The second-order valence-corrected chi connectivity index (χ2v) is 8.05. The molecule has 1 amide bonds. The molecule has 0 aliphatic carbocycles. The molecule has 0 aliphatic rings. The Kier molecular flexibility index (Phi) is 5.30. The van der Waals surface area contributed by atoms with Crippen molar-refractivity contribution in [3.8, 4) is 10.6 Å². The lowest BCUT2D eigenvalue weighted by Crippen LogP contribution is -2.29. The summed E-state index contributed by atoms with van der Waals surface area (Å²) in [7, 11) is 0. The predicted molar refractivity (Wildman–Crippen MR) is 122 cm³/mol. The Balaban J connectivity index is 1.41. The maximum atomic E-state index is 12.9. The van der Waals surface area contributed by atoms with Crippen molar-refractivity contribution in [3.05, 3.63) is 99.7 Å². The molecule has 0 saturated carbocycles. The highest BCUT2D eigenvalue weighted by Gasteiger charge is 2.15. The highest BCUT2D eigenvalue weighted by Crippen LogP contribution is 2.23. The summed E-state index contributed by atoms with van der Waals surface area (Å²) in [5, 5.41) is 17.6. The molecule has 4 aromatic heterocycles. The number of hydrogen-bond donors (Lipinski definition) is 2. The van der Waals surface area contributed by atoms with E-state index in [4.69, 9.17) is 0 Å². The van der Waals surface area contributed by atoms with Crippen LogP contribution < -0.4 is 10.9 Å². The molecule has 8 nitrogen and oxygen atoms in total. The van der Waals surface area contributed by atoms with Crippen molar-refractivity contribution < 1.29 is 4.79 Å². The van der Waals surface area contributed by atoms with Gasteiger partial charge in [0.2, 0.25) is 0 Å². The smallest absolute Gasteiger partial charge is 0.275 e. The first-order valence-electron chi connectivity index (χ1n) is 9.95. The van der Waals surface area contributed by atoms with Gasteiger partial charge in [-0.2, -0.15) is 10.2 Å². The van der Waals surface area contributed by atoms with Crippen molar-refractivity contribution in [3.63, 3.8) is 0 Å². The van der Waals surface area contributed by atoms with Gasteiger partial charge in [0.15, 0.2) is 5.69 Å². The zero-order valence-electron chi connectivity index (χ0n) is 16.9. The Morgan fingerprint density at radius 3 is 2.69 bits per heavy atom. The normalized spacial score (nSPS) is 11.0. The number of amides is 1. The third kappa shape index (κ3) is 3.93. The van der Waals surface area contributed by atoms with Gasteiger partial charge < -0.3 is 5.32 Å². The second kappa shape index (κ2) is 8.56. The number of carbonyl (C=O) groups excluding carboxylic acids is 1. The average Bonchev–Trinajstić information content (AvgIpc) is 3.53. The highest BCUT2D eigenvalue weighted by molar-refractivity contribution is 7.13. The number of hydrogen-bond acceptors (Lipinski definition) is 6. The fraction of sp³-hybridized carbons (Fsp3) is 0.0870. The number of aromatic amines is 1. The maximum absolute atomic E-state index is 12.9. The van der Waals surface area contributed by atoms with Crippen molar-refractivity contribution in [2.75, 3.05) is 0 Å². The minimum absolute atomic E-state index is 0.156. The van der Waals surface area contributed by atoms with E-state index in [2.05, 4.69) is 25.6 Å². The standard InChI is InChI=1S/C23H18N6O2S/c30-22(19-12-18(26-27-19)21-9-5-11-32-21)25-13-20-16-7-1-2-8-17(16)23(31)29(28-20)14-15-6-3-4-10-24-15/h1-12H,13-14H2,(H,25,30)(H,26,27). The van der Waals surface area contributed by atoms with Gasteiger partial charge in [0.1, 0.15) is 0 Å². The lowest BCUT2D eigenvalue weighted by Gasteiger charge is -2.11. The van der Waals surface area contributed by atoms with Crippen LogP contribution in [0.2, 0.25) is 0 Å². The minimum Gasteiger partial charge on any atom is -0.345 e. The first-order chi connectivity index (χ1) is 15.7. The number of H-pyrrole nitrogens is 1. The number of nitrogens with zero attached hydrogens (tertiary/aromatic N) is 4. The Labute approximate surface area is 186 Å². The summed E-state index contributed by atoms with van der Waals surface area (Å²) in [6.45, 7) is 0.401. The summed E-state index contributed by atoms with van der Waals surface area (Å²) in [6, 6.07) is 18.4. The lowest BCUT2D eigenvalue weighted by molar-refractivity contribution is 0.0945. The number of thiophene rings is 1. The Morgan fingerprint density at radius 2 is 1.91 bits per heavy atom. The van der Waals surface area contributed by atoms with Crippen molar-refractivity contribution in [2.24, 2.45) is 0 Å². The molecule has 0 radical (unpaired) electrons. The predicted octanol–water partition coefficient (Wildman–Crippen LogP) is 3.22. The van der Waals surface area contributed by atoms with E-state index in [0.717, 1.165) is 16.3 Å². The van der Waals surface area contributed by atoms with Gasteiger partial charge in [-0.15, -0.1) is 11.3 Å². The van der Waals surface area contributed by atoms with Crippen LogP contribution in [0.5, 0.6) is 0 Å². The molecule has 158 valence electrons. The third-order valence-electron chi connectivity index (χ3n) is 5.00. The van der Waals surface area contributed by atoms with E-state index in [9.17, 15) is 9.59 Å². The van der Waals surface area contributed by atoms with Crippen LogP contribution in [0.15, 0.2) is 77.0 Å². The van der Waals surface area contributed by atoms with Crippen LogP contribution in [0.1, 0.15) is 21.9 Å². The summed E-state index contributed by atoms with van der Waals surface area (Å²) in [4.78, 5) is 30.9. The van der Waals surface area contributed by atoms with Crippen molar-refractivity contribution in [1.29, 1.82) is 0 Å². The van der Waals surface area contributed by atoms with Crippen LogP contribution >= 0.6 is 11.3 Å². The van der Waals surface area contributed by atoms with E-state index in [0.29, 0.717) is 22.2 Å². The number of rotatable bonds is 6.